The third-order valence-corrected chi connectivity index (χ3v) is 3.44. The smallest absolute Gasteiger partial charge is 0.0599 e. The van der Waals surface area contributed by atoms with E-state index >= 15 is 0 Å². The van der Waals surface area contributed by atoms with Crippen LogP contribution in [0.1, 0.15) is 27.2 Å². The van der Waals surface area contributed by atoms with Crippen LogP contribution in [0.4, 0.5) is 0 Å². The summed E-state index contributed by atoms with van der Waals surface area (Å²) in [6.45, 7) is 10.4. The van der Waals surface area contributed by atoms with Gasteiger partial charge in [-0.05, 0) is 32.9 Å². The lowest BCUT2D eigenvalue weighted by atomic mass is 10.2. The van der Waals surface area contributed by atoms with E-state index in [2.05, 4.69) is 37.6 Å². The highest BCUT2D eigenvalue weighted by Crippen LogP contribution is 2.14. The first-order valence-corrected chi connectivity index (χ1v) is 6.09. The molecule has 90 valence electrons. The fourth-order valence-electron chi connectivity index (χ4n) is 2.32. The Bertz CT molecular complexity index is 184. The Kier molecular flexibility index (Phi) is 5.03. The molecule has 0 amide bonds. The number of aliphatic hydroxyl groups is 1. The quantitative estimate of drug-likeness (QED) is 0.760. The normalized spacial score (nSPS) is 30.8. The molecule has 0 aromatic carbocycles. The molecule has 1 aliphatic rings. The molecule has 0 radical (unpaired) electrons. The first-order chi connectivity index (χ1) is 7.04. The van der Waals surface area contributed by atoms with Crippen LogP contribution in [0.15, 0.2) is 0 Å². The Morgan fingerprint density at radius 2 is 2.07 bits per heavy atom. The summed E-state index contributed by atoms with van der Waals surface area (Å²) in [7, 11) is 2.13. The third-order valence-electron chi connectivity index (χ3n) is 3.44. The average Bonchev–Trinajstić information content (AvgIpc) is 2.30. The second-order valence-corrected chi connectivity index (χ2v) is 5.29. The van der Waals surface area contributed by atoms with Gasteiger partial charge in [0.05, 0.1) is 6.61 Å². The number of rotatable bonds is 3. The van der Waals surface area contributed by atoms with Gasteiger partial charge in [-0.3, -0.25) is 4.90 Å². The lowest BCUT2D eigenvalue weighted by Crippen LogP contribution is -2.44. The van der Waals surface area contributed by atoms with E-state index in [1.165, 1.54) is 13.0 Å². The molecule has 1 saturated heterocycles. The minimum Gasteiger partial charge on any atom is -0.395 e. The van der Waals surface area contributed by atoms with Crippen molar-refractivity contribution in [2.24, 2.45) is 5.92 Å². The molecule has 2 unspecified atom stereocenters. The third kappa shape index (κ3) is 3.74. The van der Waals surface area contributed by atoms with Crippen LogP contribution in [0.2, 0.25) is 0 Å². The highest BCUT2D eigenvalue weighted by molar-refractivity contribution is 4.82. The first kappa shape index (κ1) is 12.9. The number of nitrogens with zero attached hydrogens (tertiary/aromatic N) is 2. The molecule has 1 aliphatic heterocycles. The van der Waals surface area contributed by atoms with Crippen LogP contribution in [0.3, 0.4) is 0 Å². The van der Waals surface area contributed by atoms with Gasteiger partial charge in [-0.1, -0.05) is 13.8 Å². The SMILES string of the molecule is CC(C)CN1CCC(C)N(C)C(CO)C1. The zero-order valence-corrected chi connectivity index (χ0v) is 10.6. The largest absolute Gasteiger partial charge is 0.395 e. The summed E-state index contributed by atoms with van der Waals surface area (Å²) < 4.78 is 0. The molecule has 0 spiro atoms. The second-order valence-electron chi connectivity index (χ2n) is 5.29. The van der Waals surface area contributed by atoms with Crippen molar-refractivity contribution in [2.45, 2.75) is 39.3 Å². The molecule has 15 heavy (non-hydrogen) atoms. The van der Waals surface area contributed by atoms with Gasteiger partial charge in [-0.2, -0.15) is 0 Å². The molecule has 1 fully saturated rings. The van der Waals surface area contributed by atoms with Gasteiger partial charge in [-0.15, -0.1) is 0 Å². The molecule has 2 atom stereocenters. The summed E-state index contributed by atoms with van der Waals surface area (Å²) in [5.41, 5.74) is 0. The molecule has 0 bridgehead atoms. The second kappa shape index (κ2) is 5.83. The van der Waals surface area contributed by atoms with Crippen LogP contribution in [0, 0.1) is 5.92 Å². The van der Waals surface area contributed by atoms with E-state index in [1.807, 2.05) is 0 Å². The molecular formula is C12H26N2O. The highest BCUT2D eigenvalue weighted by atomic mass is 16.3. The molecule has 1 heterocycles. The maximum absolute atomic E-state index is 9.39. The topological polar surface area (TPSA) is 26.7 Å². The number of hydrogen-bond acceptors (Lipinski definition) is 3. The standard InChI is InChI=1S/C12H26N2O/c1-10(2)7-14-6-5-11(3)13(4)12(8-14)9-15/h10-12,15H,5-9H2,1-4H3. The molecular weight excluding hydrogens is 188 g/mol. The van der Waals surface area contributed by atoms with Crippen LogP contribution in [0.25, 0.3) is 0 Å². The molecule has 1 rings (SSSR count). The Balaban J connectivity index is 2.56. The van der Waals surface area contributed by atoms with Gasteiger partial charge in [0.15, 0.2) is 0 Å². The van der Waals surface area contributed by atoms with Crippen molar-refractivity contribution in [1.82, 2.24) is 9.80 Å². The van der Waals surface area contributed by atoms with E-state index in [1.54, 1.807) is 0 Å². The lowest BCUT2D eigenvalue weighted by molar-refractivity contribution is 0.107. The lowest BCUT2D eigenvalue weighted by Gasteiger charge is -2.30. The molecule has 3 heteroatoms. The zero-order valence-electron chi connectivity index (χ0n) is 10.6. The fourth-order valence-corrected chi connectivity index (χ4v) is 2.32. The van der Waals surface area contributed by atoms with Crippen molar-refractivity contribution < 1.29 is 5.11 Å². The summed E-state index contributed by atoms with van der Waals surface area (Å²) in [5.74, 6) is 0.711. The fraction of sp³-hybridized carbons (Fsp3) is 1.00. The number of aliphatic hydroxyl groups excluding tert-OH is 1. The van der Waals surface area contributed by atoms with Gasteiger partial charge in [0, 0.05) is 25.2 Å². The van der Waals surface area contributed by atoms with Crippen molar-refractivity contribution in [2.75, 3.05) is 33.3 Å². The van der Waals surface area contributed by atoms with Gasteiger partial charge >= 0.3 is 0 Å². The van der Waals surface area contributed by atoms with Crippen molar-refractivity contribution in [3.63, 3.8) is 0 Å². The molecule has 3 nitrogen and oxygen atoms in total. The molecule has 0 aliphatic carbocycles. The van der Waals surface area contributed by atoms with Crippen molar-refractivity contribution in [3.8, 4) is 0 Å². The Morgan fingerprint density at radius 1 is 1.40 bits per heavy atom. The van der Waals surface area contributed by atoms with Gasteiger partial charge < -0.3 is 10.0 Å². The maximum atomic E-state index is 9.39. The predicted molar refractivity (Wildman–Crippen MR) is 64.0 cm³/mol. The maximum Gasteiger partial charge on any atom is 0.0599 e. The zero-order chi connectivity index (χ0) is 11.4. The van der Waals surface area contributed by atoms with E-state index in [9.17, 15) is 5.11 Å². The average molecular weight is 214 g/mol. The Labute approximate surface area is 94.1 Å². The van der Waals surface area contributed by atoms with Crippen LogP contribution in [-0.4, -0.2) is 60.3 Å². The van der Waals surface area contributed by atoms with E-state index in [-0.39, 0.29) is 6.61 Å². The molecule has 0 saturated carbocycles. The molecule has 1 N–H and O–H groups in total. The Morgan fingerprint density at radius 3 is 2.60 bits per heavy atom. The number of hydrogen-bond donors (Lipinski definition) is 1. The number of likely N-dealkylation sites (N-methyl/N-ethyl adjacent to an activating group) is 1. The van der Waals surface area contributed by atoms with Gasteiger partial charge in [0.1, 0.15) is 0 Å². The van der Waals surface area contributed by atoms with Crippen molar-refractivity contribution in [3.05, 3.63) is 0 Å². The van der Waals surface area contributed by atoms with E-state index in [4.69, 9.17) is 0 Å². The van der Waals surface area contributed by atoms with Crippen molar-refractivity contribution in [1.29, 1.82) is 0 Å². The van der Waals surface area contributed by atoms with Crippen molar-refractivity contribution >= 4 is 0 Å². The summed E-state index contributed by atoms with van der Waals surface area (Å²) in [5, 5.41) is 9.39. The first-order valence-electron chi connectivity index (χ1n) is 6.09. The summed E-state index contributed by atoms with van der Waals surface area (Å²) in [6, 6.07) is 0.889. The van der Waals surface area contributed by atoms with Gasteiger partial charge in [0.2, 0.25) is 0 Å². The Hall–Kier alpha value is -0.120. The highest BCUT2D eigenvalue weighted by Gasteiger charge is 2.26. The summed E-state index contributed by atoms with van der Waals surface area (Å²) in [6.07, 6.45) is 1.21. The summed E-state index contributed by atoms with van der Waals surface area (Å²) in [4.78, 5) is 4.81. The van der Waals surface area contributed by atoms with Crippen LogP contribution < -0.4 is 0 Å². The molecule has 0 aromatic rings. The van der Waals surface area contributed by atoms with Gasteiger partial charge in [0.25, 0.3) is 0 Å². The van der Waals surface area contributed by atoms with E-state index in [0.717, 1.165) is 13.1 Å². The van der Waals surface area contributed by atoms with Crippen LogP contribution in [0.5, 0.6) is 0 Å². The minimum atomic E-state index is 0.273. The molecule has 0 aromatic heterocycles. The minimum absolute atomic E-state index is 0.273. The monoisotopic (exact) mass is 214 g/mol. The predicted octanol–water partition coefficient (Wildman–Crippen LogP) is 1.03. The summed E-state index contributed by atoms with van der Waals surface area (Å²) >= 11 is 0. The van der Waals surface area contributed by atoms with Crippen LogP contribution >= 0.6 is 0 Å². The van der Waals surface area contributed by atoms with Gasteiger partial charge in [-0.25, -0.2) is 0 Å². The van der Waals surface area contributed by atoms with E-state index < -0.39 is 0 Å². The van der Waals surface area contributed by atoms with E-state index in [0.29, 0.717) is 18.0 Å². The van der Waals surface area contributed by atoms with Crippen LogP contribution in [-0.2, 0) is 0 Å².